The molecule has 0 spiro atoms. The van der Waals surface area contributed by atoms with Gasteiger partial charge in [0, 0.05) is 37.3 Å². The molecule has 0 bridgehead atoms. The maximum atomic E-state index is 12.9. The first-order chi connectivity index (χ1) is 14.6. The molecule has 4 rings (SSSR count). The van der Waals surface area contributed by atoms with Crippen molar-refractivity contribution in [2.75, 3.05) is 11.9 Å². The van der Waals surface area contributed by atoms with Gasteiger partial charge in [0.15, 0.2) is 0 Å². The summed E-state index contributed by atoms with van der Waals surface area (Å²) in [5.74, 6) is 2.09. The zero-order chi connectivity index (χ0) is 20.9. The van der Waals surface area contributed by atoms with Gasteiger partial charge < -0.3 is 10.2 Å². The molecule has 1 fully saturated rings. The van der Waals surface area contributed by atoms with Crippen molar-refractivity contribution < 1.29 is 4.79 Å². The Labute approximate surface area is 175 Å². The van der Waals surface area contributed by atoms with Gasteiger partial charge in [0.1, 0.15) is 17.5 Å². The summed E-state index contributed by atoms with van der Waals surface area (Å²) in [6.45, 7) is 4.58. The molecule has 1 aliphatic rings. The highest BCUT2D eigenvalue weighted by Gasteiger charge is 2.30. The van der Waals surface area contributed by atoms with Crippen molar-refractivity contribution in [1.82, 2.24) is 24.8 Å². The second kappa shape index (κ2) is 8.82. The third-order valence-electron chi connectivity index (χ3n) is 5.09. The summed E-state index contributed by atoms with van der Waals surface area (Å²) >= 11 is 0. The number of hydrogen-bond donors (Lipinski definition) is 1. The molecule has 152 valence electrons. The summed E-state index contributed by atoms with van der Waals surface area (Å²) in [4.78, 5) is 32.3. The molecular weight excluding hydrogens is 376 g/mol. The Balaban J connectivity index is 1.55. The number of hydrogen-bond acceptors (Lipinski definition) is 6. The monoisotopic (exact) mass is 400 g/mol. The first-order valence-corrected chi connectivity index (χ1v) is 10.0. The van der Waals surface area contributed by atoms with Gasteiger partial charge in [0.2, 0.25) is 5.91 Å². The van der Waals surface area contributed by atoms with Crippen LogP contribution in [0.3, 0.4) is 0 Å². The molecule has 1 N–H and O–H groups in total. The predicted octanol–water partition coefficient (Wildman–Crippen LogP) is 4.00. The Morgan fingerprint density at radius 2 is 2.07 bits per heavy atom. The first-order valence-electron chi connectivity index (χ1n) is 10.0. The molecule has 30 heavy (non-hydrogen) atoms. The van der Waals surface area contributed by atoms with Crippen LogP contribution in [-0.2, 0) is 4.79 Å². The van der Waals surface area contributed by atoms with Crippen LogP contribution < -0.4 is 5.32 Å². The molecule has 1 saturated heterocycles. The number of pyridine rings is 2. The highest BCUT2D eigenvalue weighted by Crippen LogP contribution is 2.32. The Bertz CT molecular complexity index is 1070. The van der Waals surface area contributed by atoms with Crippen molar-refractivity contribution in [2.24, 2.45) is 0 Å². The van der Waals surface area contributed by atoms with Crippen LogP contribution in [0.2, 0.25) is 0 Å². The normalized spacial score (nSPS) is 16.2. The second-order valence-electron chi connectivity index (χ2n) is 7.33. The number of rotatable bonds is 5. The second-order valence-corrected chi connectivity index (χ2v) is 7.33. The molecule has 7 nitrogen and oxygen atoms in total. The SMILES string of the molecule is Cc1nc(Nc2ncccc2C)cc([C@@H]2CCCN2C(=O)/C=C/c2cccnc2)n1. The van der Waals surface area contributed by atoms with Crippen LogP contribution in [0.4, 0.5) is 11.6 Å². The average molecular weight is 400 g/mol. The molecule has 0 unspecified atom stereocenters. The lowest BCUT2D eigenvalue weighted by Crippen LogP contribution is -2.29. The van der Waals surface area contributed by atoms with E-state index >= 15 is 0 Å². The van der Waals surface area contributed by atoms with Crippen molar-refractivity contribution in [1.29, 1.82) is 0 Å². The third kappa shape index (κ3) is 4.51. The molecule has 1 aliphatic heterocycles. The van der Waals surface area contributed by atoms with Gasteiger partial charge in [-0.15, -0.1) is 0 Å². The minimum Gasteiger partial charge on any atom is -0.331 e. The van der Waals surface area contributed by atoms with Crippen LogP contribution in [-0.4, -0.2) is 37.3 Å². The lowest BCUT2D eigenvalue weighted by molar-refractivity contribution is -0.126. The number of nitrogens with one attached hydrogen (secondary N) is 1. The smallest absolute Gasteiger partial charge is 0.247 e. The fourth-order valence-corrected chi connectivity index (χ4v) is 3.64. The molecular formula is C23H24N6O. The molecule has 1 atom stereocenters. The van der Waals surface area contributed by atoms with Gasteiger partial charge in [-0.05, 0) is 56.0 Å². The largest absolute Gasteiger partial charge is 0.331 e. The van der Waals surface area contributed by atoms with E-state index in [1.165, 1.54) is 0 Å². The number of aromatic nitrogens is 4. The number of anilines is 2. The molecule has 4 heterocycles. The predicted molar refractivity (Wildman–Crippen MR) is 116 cm³/mol. The summed E-state index contributed by atoms with van der Waals surface area (Å²) in [7, 11) is 0. The van der Waals surface area contributed by atoms with E-state index < -0.39 is 0 Å². The van der Waals surface area contributed by atoms with E-state index in [1.807, 2.05) is 49.1 Å². The highest BCUT2D eigenvalue weighted by molar-refractivity contribution is 5.92. The van der Waals surface area contributed by atoms with Crippen molar-refractivity contribution in [2.45, 2.75) is 32.7 Å². The maximum Gasteiger partial charge on any atom is 0.247 e. The zero-order valence-electron chi connectivity index (χ0n) is 17.1. The molecule has 0 radical (unpaired) electrons. The van der Waals surface area contributed by atoms with Gasteiger partial charge >= 0.3 is 0 Å². The van der Waals surface area contributed by atoms with Crippen molar-refractivity contribution in [3.05, 3.63) is 77.6 Å². The van der Waals surface area contributed by atoms with Gasteiger partial charge in [-0.25, -0.2) is 15.0 Å². The lowest BCUT2D eigenvalue weighted by Gasteiger charge is -2.23. The number of amides is 1. The topological polar surface area (TPSA) is 83.9 Å². The van der Waals surface area contributed by atoms with E-state index in [4.69, 9.17) is 0 Å². The fraction of sp³-hybridized carbons (Fsp3) is 0.261. The Morgan fingerprint density at radius 3 is 2.87 bits per heavy atom. The Hall–Kier alpha value is -3.61. The molecule has 3 aromatic rings. The quantitative estimate of drug-likeness (QED) is 0.652. The number of likely N-dealkylation sites (tertiary alicyclic amines) is 1. The number of nitrogens with zero attached hydrogens (tertiary/aromatic N) is 5. The van der Waals surface area contributed by atoms with Crippen LogP contribution in [0.25, 0.3) is 6.08 Å². The van der Waals surface area contributed by atoms with Gasteiger partial charge in [-0.3, -0.25) is 9.78 Å². The van der Waals surface area contributed by atoms with Crippen LogP contribution in [0.15, 0.2) is 55.0 Å². The highest BCUT2D eigenvalue weighted by atomic mass is 16.2. The molecule has 7 heteroatoms. The molecule has 1 amide bonds. The number of aryl methyl sites for hydroxylation is 2. The minimum atomic E-state index is -0.0665. The van der Waals surface area contributed by atoms with E-state index in [-0.39, 0.29) is 11.9 Å². The van der Waals surface area contributed by atoms with E-state index in [0.29, 0.717) is 18.2 Å². The number of carbonyl (C=O) groups is 1. The fourth-order valence-electron chi connectivity index (χ4n) is 3.64. The third-order valence-corrected chi connectivity index (χ3v) is 5.09. The van der Waals surface area contributed by atoms with E-state index in [2.05, 4.69) is 25.3 Å². The van der Waals surface area contributed by atoms with Crippen LogP contribution in [0.5, 0.6) is 0 Å². The van der Waals surface area contributed by atoms with Crippen LogP contribution in [0, 0.1) is 13.8 Å². The molecule has 3 aromatic heterocycles. The van der Waals surface area contributed by atoms with Crippen molar-refractivity contribution in [3.63, 3.8) is 0 Å². The Morgan fingerprint density at radius 1 is 1.20 bits per heavy atom. The van der Waals surface area contributed by atoms with Gasteiger partial charge in [-0.1, -0.05) is 12.1 Å². The van der Waals surface area contributed by atoms with Crippen molar-refractivity contribution >= 4 is 23.6 Å². The Kier molecular flexibility index (Phi) is 5.79. The van der Waals surface area contributed by atoms with Crippen LogP contribution >= 0.6 is 0 Å². The van der Waals surface area contributed by atoms with Crippen LogP contribution in [0.1, 0.15) is 41.5 Å². The molecule has 0 aromatic carbocycles. The van der Waals surface area contributed by atoms with Crippen molar-refractivity contribution in [3.8, 4) is 0 Å². The lowest BCUT2D eigenvalue weighted by atomic mass is 10.1. The van der Waals surface area contributed by atoms with E-state index in [9.17, 15) is 4.79 Å². The summed E-state index contributed by atoms with van der Waals surface area (Å²) in [6.07, 6.45) is 10.4. The maximum absolute atomic E-state index is 12.9. The van der Waals surface area contributed by atoms with E-state index in [0.717, 1.165) is 35.5 Å². The summed E-state index contributed by atoms with van der Waals surface area (Å²) in [5.41, 5.74) is 2.78. The first kappa shape index (κ1) is 19.7. The van der Waals surface area contributed by atoms with Gasteiger partial charge in [0.25, 0.3) is 0 Å². The minimum absolute atomic E-state index is 0.0206. The molecule has 0 saturated carbocycles. The molecule has 0 aliphatic carbocycles. The number of carbonyl (C=O) groups excluding carboxylic acids is 1. The summed E-state index contributed by atoms with van der Waals surface area (Å²) in [6, 6.07) is 9.52. The standard InChI is InChI=1S/C23H24N6O/c1-16-6-3-12-25-23(16)28-21-14-19(26-17(2)27-21)20-8-5-13-29(20)22(30)10-9-18-7-4-11-24-15-18/h3-4,6-7,9-12,14-15,20H,5,8,13H2,1-2H3,(H,25,26,27,28)/b10-9+/t20-/m0/s1. The summed E-state index contributed by atoms with van der Waals surface area (Å²) < 4.78 is 0. The van der Waals surface area contributed by atoms with Gasteiger partial charge in [-0.2, -0.15) is 0 Å². The average Bonchev–Trinajstić information content (AvgIpc) is 3.24. The zero-order valence-corrected chi connectivity index (χ0v) is 17.1. The van der Waals surface area contributed by atoms with Gasteiger partial charge in [0.05, 0.1) is 11.7 Å². The van der Waals surface area contributed by atoms with E-state index in [1.54, 1.807) is 30.7 Å². The summed E-state index contributed by atoms with van der Waals surface area (Å²) in [5, 5.41) is 3.28.